The Bertz CT molecular complexity index is 727. The SMILES string of the molecule is CC(C)[C@H](C)NC(=O)C[NH+]1CCN(S(=O)(=O)c2c(Cl)cccc2Cl)CC1. The van der Waals surface area contributed by atoms with Crippen molar-refractivity contribution in [1.29, 1.82) is 0 Å². The van der Waals surface area contributed by atoms with E-state index in [9.17, 15) is 13.2 Å². The molecule has 2 rings (SSSR count). The third kappa shape index (κ3) is 5.10. The minimum atomic E-state index is -3.75. The third-order valence-electron chi connectivity index (χ3n) is 4.75. The number of carbonyl (C=O) groups excluding carboxylic acids is 1. The Balaban J connectivity index is 1.97. The third-order valence-corrected chi connectivity index (χ3v) is 7.60. The molecule has 1 aliphatic heterocycles. The average Bonchev–Trinajstić information content (AvgIpc) is 2.54. The zero-order valence-corrected chi connectivity index (χ0v) is 17.6. The van der Waals surface area contributed by atoms with Crippen LogP contribution in [0.4, 0.5) is 0 Å². The second-order valence-corrected chi connectivity index (χ2v) is 9.67. The summed E-state index contributed by atoms with van der Waals surface area (Å²) < 4.78 is 27.1. The molecule has 0 unspecified atom stereocenters. The molecule has 26 heavy (non-hydrogen) atoms. The van der Waals surface area contributed by atoms with Gasteiger partial charge >= 0.3 is 0 Å². The monoisotopic (exact) mass is 422 g/mol. The summed E-state index contributed by atoms with van der Waals surface area (Å²) in [5.41, 5.74) is 0. The smallest absolute Gasteiger partial charge is 0.275 e. The van der Waals surface area contributed by atoms with Crippen molar-refractivity contribution in [1.82, 2.24) is 9.62 Å². The highest BCUT2D eigenvalue weighted by atomic mass is 35.5. The fraction of sp³-hybridized carbons (Fsp3) is 0.588. The van der Waals surface area contributed by atoms with E-state index in [4.69, 9.17) is 23.2 Å². The first kappa shape index (κ1) is 21.4. The van der Waals surface area contributed by atoms with Crippen molar-refractivity contribution in [2.24, 2.45) is 5.92 Å². The van der Waals surface area contributed by atoms with Crippen LogP contribution >= 0.6 is 23.2 Å². The van der Waals surface area contributed by atoms with Crippen molar-refractivity contribution in [3.05, 3.63) is 28.2 Å². The number of hydrogen-bond acceptors (Lipinski definition) is 3. The quantitative estimate of drug-likeness (QED) is 0.719. The highest BCUT2D eigenvalue weighted by Crippen LogP contribution is 2.31. The van der Waals surface area contributed by atoms with Gasteiger partial charge in [-0.15, -0.1) is 0 Å². The van der Waals surface area contributed by atoms with Crippen LogP contribution in [0.2, 0.25) is 10.0 Å². The molecule has 0 bridgehead atoms. The lowest BCUT2D eigenvalue weighted by atomic mass is 10.1. The topological polar surface area (TPSA) is 70.9 Å². The van der Waals surface area contributed by atoms with Crippen LogP contribution in [0.1, 0.15) is 20.8 Å². The normalized spacial score (nSPS) is 18.1. The van der Waals surface area contributed by atoms with Crippen LogP contribution < -0.4 is 10.2 Å². The molecule has 1 aliphatic rings. The van der Waals surface area contributed by atoms with Crippen molar-refractivity contribution in [3.8, 4) is 0 Å². The van der Waals surface area contributed by atoms with Gasteiger partial charge in [-0.3, -0.25) is 4.79 Å². The molecule has 0 aromatic heterocycles. The Morgan fingerprint density at radius 1 is 1.19 bits per heavy atom. The standard InChI is InChI=1S/C17H25Cl2N3O3S/c1-12(2)13(3)20-16(23)11-21-7-9-22(10-8-21)26(24,25)17-14(18)5-4-6-15(17)19/h4-6,12-13H,7-11H2,1-3H3,(H,20,23)/p+1/t13-/m0/s1. The van der Waals surface area contributed by atoms with Crippen molar-refractivity contribution in [2.75, 3.05) is 32.7 Å². The van der Waals surface area contributed by atoms with Gasteiger partial charge in [0.05, 0.1) is 36.2 Å². The minimum absolute atomic E-state index is 0.00773. The summed E-state index contributed by atoms with van der Waals surface area (Å²) in [6.07, 6.45) is 0. The van der Waals surface area contributed by atoms with E-state index in [1.54, 1.807) is 6.07 Å². The molecule has 1 saturated heterocycles. The molecule has 0 spiro atoms. The fourth-order valence-electron chi connectivity index (χ4n) is 2.78. The van der Waals surface area contributed by atoms with E-state index in [-0.39, 0.29) is 26.9 Å². The highest BCUT2D eigenvalue weighted by Gasteiger charge is 2.33. The predicted molar refractivity (Wildman–Crippen MR) is 103 cm³/mol. The molecule has 9 heteroatoms. The van der Waals surface area contributed by atoms with Gasteiger partial charge in [-0.1, -0.05) is 43.1 Å². The number of nitrogens with zero attached hydrogens (tertiary/aromatic N) is 1. The van der Waals surface area contributed by atoms with Gasteiger partial charge in [0, 0.05) is 6.04 Å². The number of benzene rings is 1. The Kier molecular flexibility index (Phi) is 7.33. The lowest BCUT2D eigenvalue weighted by Crippen LogP contribution is -3.15. The summed E-state index contributed by atoms with van der Waals surface area (Å²) in [5, 5.41) is 3.22. The van der Waals surface area contributed by atoms with Crippen LogP contribution in [0.25, 0.3) is 0 Å². The first-order chi connectivity index (χ1) is 12.1. The van der Waals surface area contributed by atoms with Gasteiger partial charge in [0.1, 0.15) is 4.90 Å². The number of hydrogen-bond donors (Lipinski definition) is 2. The van der Waals surface area contributed by atoms with Crippen LogP contribution in [-0.2, 0) is 14.8 Å². The van der Waals surface area contributed by atoms with E-state index >= 15 is 0 Å². The molecule has 1 heterocycles. The summed E-state index contributed by atoms with van der Waals surface area (Å²) in [5.74, 6) is 0.364. The number of carbonyl (C=O) groups is 1. The molecule has 1 atom stereocenters. The molecule has 6 nitrogen and oxygen atoms in total. The number of quaternary nitrogens is 1. The van der Waals surface area contributed by atoms with Crippen LogP contribution in [0.15, 0.2) is 23.1 Å². The average molecular weight is 423 g/mol. The lowest BCUT2D eigenvalue weighted by molar-refractivity contribution is -0.895. The van der Waals surface area contributed by atoms with Crippen molar-refractivity contribution in [2.45, 2.75) is 31.7 Å². The molecule has 1 fully saturated rings. The molecule has 2 N–H and O–H groups in total. The largest absolute Gasteiger partial charge is 0.348 e. The van der Waals surface area contributed by atoms with Crippen LogP contribution in [-0.4, -0.2) is 57.4 Å². The number of halogens is 2. The van der Waals surface area contributed by atoms with E-state index in [2.05, 4.69) is 19.2 Å². The summed E-state index contributed by atoms with van der Waals surface area (Å²) in [7, 11) is -3.75. The molecular weight excluding hydrogens is 397 g/mol. The van der Waals surface area contributed by atoms with Crippen molar-refractivity contribution in [3.63, 3.8) is 0 Å². The maximum atomic E-state index is 12.8. The Morgan fingerprint density at radius 3 is 2.23 bits per heavy atom. The summed E-state index contributed by atoms with van der Waals surface area (Å²) in [6.45, 7) is 8.21. The number of rotatable bonds is 6. The molecule has 1 amide bonds. The second kappa shape index (κ2) is 8.89. The summed E-state index contributed by atoms with van der Waals surface area (Å²) in [4.78, 5) is 13.1. The molecule has 1 aromatic rings. The van der Waals surface area contributed by atoms with Crippen LogP contribution in [0.3, 0.4) is 0 Å². The first-order valence-electron chi connectivity index (χ1n) is 8.70. The Labute approximate surface area is 165 Å². The van der Waals surface area contributed by atoms with Crippen LogP contribution in [0.5, 0.6) is 0 Å². The maximum Gasteiger partial charge on any atom is 0.275 e. The Hall–Kier alpha value is -0.860. The molecule has 1 aromatic carbocycles. The highest BCUT2D eigenvalue weighted by molar-refractivity contribution is 7.89. The molecule has 0 saturated carbocycles. The molecule has 0 aliphatic carbocycles. The molecule has 146 valence electrons. The number of amides is 1. The van der Waals surface area contributed by atoms with Gasteiger partial charge < -0.3 is 10.2 Å². The van der Waals surface area contributed by atoms with Crippen molar-refractivity contribution >= 4 is 39.1 Å². The van der Waals surface area contributed by atoms with E-state index in [0.717, 1.165) is 4.90 Å². The van der Waals surface area contributed by atoms with E-state index in [1.165, 1.54) is 16.4 Å². The maximum absolute atomic E-state index is 12.8. The first-order valence-corrected chi connectivity index (χ1v) is 10.9. The molecule has 0 radical (unpaired) electrons. The number of nitrogens with one attached hydrogen (secondary N) is 2. The van der Waals surface area contributed by atoms with Gasteiger partial charge in [-0.25, -0.2) is 8.42 Å². The predicted octanol–water partition coefficient (Wildman–Crippen LogP) is 1.04. The minimum Gasteiger partial charge on any atom is -0.348 e. The van der Waals surface area contributed by atoms with Crippen LogP contribution in [0, 0.1) is 5.92 Å². The lowest BCUT2D eigenvalue weighted by Gasteiger charge is -2.31. The van der Waals surface area contributed by atoms with Gasteiger partial charge in [-0.05, 0) is 25.0 Å². The zero-order chi connectivity index (χ0) is 19.5. The summed E-state index contributed by atoms with van der Waals surface area (Å²) in [6, 6.07) is 4.76. The van der Waals surface area contributed by atoms with E-state index < -0.39 is 10.0 Å². The van der Waals surface area contributed by atoms with E-state index in [1.807, 2.05) is 6.92 Å². The Morgan fingerprint density at radius 2 is 1.73 bits per heavy atom. The van der Waals surface area contributed by atoms with Gasteiger partial charge in [0.25, 0.3) is 5.91 Å². The van der Waals surface area contributed by atoms with Gasteiger partial charge in [0.2, 0.25) is 10.0 Å². The van der Waals surface area contributed by atoms with E-state index in [0.29, 0.717) is 38.6 Å². The molecular formula is C17H26Cl2N3O3S+. The zero-order valence-electron chi connectivity index (χ0n) is 15.3. The second-order valence-electron chi connectivity index (χ2n) is 6.98. The summed E-state index contributed by atoms with van der Waals surface area (Å²) >= 11 is 12.1. The van der Waals surface area contributed by atoms with Gasteiger partial charge in [0.15, 0.2) is 6.54 Å². The number of piperazine rings is 1. The van der Waals surface area contributed by atoms with Crippen molar-refractivity contribution < 1.29 is 18.1 Å². The van der Waals surface area contributed by atoms with Gasteiger partial charge in [-0.2, -0.15) is 4.31 Å². The number of sulfonamides is 1. The fourth-order valence-corrected chi connectivity index (χ4v) is 5.31.